The quantitative estimate of drug-likeness (QED) is 0.607. The number of morpholine rings is 1. The van der Waals surface area contributed by atoms with Crippen LogP contribution < -0.4 is 0 Å². The van der Waals surface area contributed by atoms with E-state index in [0.29, 0.717) is 25.2 Å². The monoisotopic (exact) mass is 170 g/mol. The molecule has 0 aromatic carbocycles. The molecule has 0 aliphatic carbocycles. The maximum Gasteiger partial charge on any atom is 0.213 e. The van der Waals surface area contributed by atoms with E-state index >= 15 is 0 Å². The molecule has 1 aliphatic heterocycles. The fourth-order valence-electron chi connectivity index (χ4n) is 1.57. The van der Waals surface area contributed by atoms with Gasteiger partial charge in [0, 0.05) is 12.1 Å². The van der Waals surface area contributed by atoms with Crippen molar-refractivity contribution >= 4 is 6.29 Å². The van der Waals surface area contributed by atoms with Gasteiger partial charge in [-0.1, -0.05) is 0 Å². The highest BCUT2D eigenvalue weighted by Crippen LogP contribution is 2.17. The van der Waals surface area contributed by atoms with Crippen LogP contribution in [0, 0.1) is 0 Å². The molecule has 3 nitrogen and oxygen atoms in total. The zero-order chi connectivity index (χ0) is 9.14. The molecule has 69 valence electrons. The minimum absolute atomic E-state index is 0.217. The molecule has 0 bridgehead atoms. The Labute approximate surface area is 73.7 Å². The van der Waals surface area contributed by atoms with Crippen LogP contribution in [0.2, 0.25) is 0 Å². The third kappa shape index (κ3) is 1.84. The van der Waals surface area contributed by atoms with Crippen molar-refractivity contribution in [1.29, 1.82) is 0 Å². The van der Waals surface area contributed by atoms with E-state index < -0.39 is 0 Å². The van der Waals surface area contributed by atoms with Crippen LogP contribution in [0.4, 0.5) is 0 Å². The Morgan fingerprint density at radius 1 is 1.50 bits per heavy atom. The van der Waals surface area contributed by atoms with Gasteiger partial charge in [0.1, 0.15) is 0 Å². The van der Waals surface area contributed by atoms with Gasteiger partial charge in [0.2, 0.25) is 6.29 Å². The average molecular weight is 170 g/mol. The van der Waals surface area contributed by atoms with E-state index in [1.54, 1.807) is 0 Å². The Kier molecular flexibility index (Phi) is 3.23. The molecule has 3 atom stereocenters. The summed E-state index contributed by atoms with van der Waals surface area (Å²) >= 11 is 0. The predicted molar refractivity (Wildman–Crippen MR) is 46.7 cm³/mol. The van der Waals surface area contributed by atoms with Crippen molar-refractivity contribution in [2.45, 2.75) is 39.0 Å². The first-order valence-electron chi connectivity index (χ1n) is 4.39. The lowest BCUT2D eigenvalue weighted by Gasteiger charge is -2.41. The molecule has 0 aromatic rings. The Hall–Kier alpha value is -0.410. The molecular formula is C9H16NO2. The molecule has 0 N–H and O–H groups in total. The van der Waals surface area contributed by atoms with Gasteiger partial charge < -0.3 is 4.74 Å². The maximum atomic E-state index is 10.3. The Morgan fingerprint density at radius 3 is 2.75 bits per heavy atom. The fraction of sp³-hybridized carbons (Fsp3) is 0.889. The summed E-state index contributed by atoms with van der Waals surface area (Å²) in [4.78, 5) is 12.4. The Bertz CT molecular complexity index is 161. The van der Waals surface area contributed by atoms with E-state index in [9.17, 15) is 4.79 Å². The van der Waals surface area contributed by atoms with E-state index in [4.69, 9.17) is 4.74 Å². The molecule has 0 aromatic heterocycles. The second-order valence-electron chi connectivity index (χ2n) is 3.44. The lowest BCUT2D eigenvalue weighted by Crippen LogP contribution is -2.53. The second kappa shape index (κ2) is 4.01. The van der Waals surface area contributed by atoms with E-state index in [1.165, 1.54) is 0 Å². The van der Waals surface area contributed by atoms with Crippen LogP contribution in [0.3, 0.4) is 0 Å². The summed E-state index contributed by atoms with van der Waals surface area (Å²) in [6.45, 7) is 7.30. The first kappa shape index (κ1) is 9.68. The molecule has 12 heavy (non-hydrogen) atoms. The number of ether oxygens (including phenoxy) is 1. The first-order valence-corrected chi connectivity index (χ1v) is 4.39. The molecule has 3 unspecified atom stereocenters. The minimum Gasteiger partial charge on any atom is -0.375 e. The lowest BCUT2D eigenvalue weighted by molar-refractivity contribution is -0.0786. The maximum absolute atomic E-state index is 10.3. The number of hydrogen-bond acceptors (Lipinski definition) is 3. The van der Waals surface area contributed by atoms with Crippen LogP contribution in [-0.2, 0) is 9.53 Å². The topological polar surface area (TPSA) is 29.5 Å². The van der Waals surface area contributed by atoms with E-state index in [1.807, 2.05) is 13.2 Å². The smallest absolute Gasteiger partial charge is 0.213 e. The summed E-state index contributed by atoms with van der Waals surface area (Å²) in [6, 6.07) is 0.646. The molecule has 1 saturated heterocycles. The third-order valence-corrected chi connectivity index (χ3v) is 2.62. The highest BCUT2D eigenvalue weighted by atomic mass is 16.5. The molecule has 3 heteroatoms. The third-order valence-electron chi connectivity index (χ3n) is 2.62. The summed E-state index contributed by atoms with van der Waals surface area (Å²) in [5.74, 6) is 0. The number of nitrogens with zero attached hydrogens (tertiary/aromatic N) is 1. The lowest BCUT2D eigenvalue weighted by atomic mass is 10.1. The second-order valence-corrected chi connectivity index (χ2v) is 3.44. The van der Waals surface area contributed by atoms with Crippen molar-refractivity contribution in [1.82, 2.24) is 4.90 Å². The first-order chi connectivity index (χ1) is 5.66. The van der Waals surface area contributed by atoms with Gasteiger partial charge in [-0.25, -0.2) is 0 Å². The molecule has 1 rings (SSSR count). The number of carbonyl (C=O) groups excluding carboxylic acids is 1. The van der Waals surface area contributed by atoms with Gasteiger partial charge in [0.15, 0.2) is 0 Å². The van der Waals surface area contributed by atoms with Gasteiger partial charge in [-0.3, -0.25) is 9.69 Å². The van der Waals surface area contributed by atoms with Crippen molar-refractivity contribution in [2.75, 3.05) is 13.2 Å². The van der Waals surface area contributed by atoms with Crippen molar-refractivity contribution in [2.24, 2.45) is 0 Å². The summed E-state index contributed by atoms with van der Waals surface area (Å²) in [5.41, 5.74) is 0. The SMILES string of the molecule is CC1OCC(C)N(C[C]=O)C1C. The van der Waals surface area contributed by atoms with Crippen LogP contribution in [-0.4, -0.2) is 42.5 Å². The summed E-state index contributed by atoms with van der Waals surface area (Å²) in [7, 11) is 0. The summed E-state index contributed by atoms with van der Waals surface area (Å²) in [5, 5.41) is 0. The van der Waals surface area contributed by atoms with Gasteiger partial charge in [0.05, 0.1) is 19.3 Å². The standard InChI is InChI=1S/C9H16NO2/c1-7-6-12-9(3)8(2)10(7)4-5-11/h7-9H,4,6H2,1-3H3. The van der Waals surface area contributed by atoms with Gasteiger partial charge in [-0.15, -0.1) is 0 Å². The van der Waals surface area contributed by atoms with Crippen LogP contribution in [0.5, 0.6) is 0 Å². The zero-order valence-corrected chi connectivity index (χ0v) is 7.91. The molecule has 1 aliphatic rings. The van der Waals surface area contributed by atoms with Gasteiger partial charge in [0.25, 0.3) is 0 Å². The predicted octanol–water partition coefficient (Wildman–Crippen LogP) is 0.594. The minimum atomic E-state index is 0.217. The van der Waals surface area contributed by atoms with E-state index in [-0.39, 0.29) is 6.10 Å². The zero-order valence-electron chi connectivity index (χ0n) is 7.91. The van der Waals surface area contributed by atoms with Crippen molar-refractivity contribution < 1.29 is 9.53 Å². The molecule has 1 fully saturated rings. The van der Waals surface area contributed by atoms with Crippen LogP contribution >= 0.6 is 0 Å². The highest BCUT2D eigenvalue weighted by molar-refractivity contribution is 5.53. The molecular weight excluding hydrogens is 154 g/mol. The van der Waals surface area contributed by atoms with Crippen molar-refractivity contribution in [3.05, 3.63) is 0 Å². The van der Waals surface area contributed by atoms with Crippen molar-refractivity contribution in [3.63, 3.8) is 0 Å². The van der Waals surface area contributed by atoms with Crippen LogP contribution in [0.15, 0.2) is 0 Å². The Morgan fingerprint density at radius 2 is 2.17 bits per heavy atom. The molecule has 0 amide bonds. The largest absolute Gasteiger partial charge is 0.375 e. The molecule has 1 radical (unpaired) electrons. The Balaban J connectivity index is 2.58. The van der Waals surface area contributed by atoms with E-state index in [2.05, 4.69) is 18.7 Å². The number of hydrogen-bond donors (Lipinski definition) is 0. The molecule has 1 heterocycles. The fourth-order valence-corrected chi connectivity index (χ4v) is 1.57. The van der Waals surface area contributed by atoms with Gasteiger partial charge in [-0.05, 0) is 20.8 Å². The van der Waals surface area contributed by atoms with Gasteiger partial charge >= 0.3 is 0 Å². The van der Waals surface area contributed by atoms with Gasteiger partial charge in [-0.2, -0.15) is 0 Å². The summed E-state index contributed by atoms with van der Waals surface area (Å²) < 4.78 is 5.51. The normalized spacial score (nSPS) is 38.1. The number of rotatable bonds is 2. The average Bonchev–Trinajstić information content (AvgIpc) is 2.06. The summed E-state index contributed by atoms with van der Waals surface area (Å²) in [6.07, 6.45) is 2.16. The van der Waals surface area contributed by atoms with E-state index in [0.717, 1.165) is 0 Å². The highest BCUT2D eigenvalue weighted by Gasteiger charge is 2.29. The van der Waals surface area contributed by atoms with Crippen LogP contribution in [0.1, 0.15) is 20.8 Å². The van der Waals surface area contributed by atoms with Crippen LogP contribution in [0.25, 0.3) is 0 Å². The molecule has 0 saturated carbocycles. The molecule has 0 spiro atoms. The van der Waals surface area contributed by atoms with Crippen molar-refractivity contribution in [3.8, 4) is 0 Å².